The van der Waals surface area contributed by atoms with Crippen LogP contribution in [0.3, 0.4) is 0 Å². The monoisotopic (exact) mass is 421 g/mol. The van der Waals surface area contributed by atoms with Crippen molar-refractivity contribution in [1.82, 2.24) is 4.98 Å². The van der Waals surface area contributed by atoms with Crippen molar-refractivity contribution in [2.75, 3.05) is 24.8 Å². The van der Waals surface area contributed by atoms with Crippen molar-refractivity contribution < 1.29 is 14.3 Å². The minimum absolute atomic E-state index is 0.298. The van der Waals surface area contributed by atoms with Gasteiger partial charge in [-0.25, -0.2) is 9.78 Å². The fourth-order valence-electron chi connectivity index (χ4n) is 3.30. The van der Waals surface area contributed by atoms with Crippen LogP contribution in [0.1, 0.15) is 17.3 Å². The highest BCUT2D eigenvalue weighted by atomic mass is 35.5. The molecule has 0 radical (unpaired) electrons. The number of nitrogens with zero attached hydrogens (tertiary/aromatic N) is 1. The molecule has 0 bridgehead atoms. The summed E-state index contributed by atoms with van der Waals surface area (Å²) in [7, 11) is 1.61. The molecule has 0 spiro atoms. The molecule has 4 rings (SSSR count). The van der Waals surface area contributed by atoms with Crippen LogP contribution in [0.15, 0.2) is 54.6 Å². The minimum Gasteiger partial charge on any atom is -0.497 e. The first-order valence-corrected chi connectivity index (χ1v) is 9.78. The molecule has 4 aromatic rings. The molecule has 0 unspecified atom stereocenters. The number of nitrogen functional groups attached to an aromatic ring is 1. The van der Waals surface area contributed by atoms with Gasteiger partial charge in [0.2, 0.25) is 0 Å². The van der Waals surface area contributed by atoms with E-state index < -0.39 is 5.97 Å². The van der Waals surface area contributed by atoms with E-state index in [9.17, 15) is 4.79 Å². The molecule has 6 nitrogen and oxygen atoms in total. The lowest BCUT2D eigenvalue weighted by Gasteiger charge is -2.16. The standard InChI is InChI=1S/C23H20ClN3O3/c1-3-30-23(28)13-4-8-18(25)21(10-13)27-22-16-7-6-15(29-2)12-20(16)26-19-9-5-14(24)11-17(19)22/h4-12H,3,25H2,1-2H3,(H,26,27). The highest BCUT2D eigenvalue weighted by Gasteiger charge is 2.14. The number of anilines is 3. The SMILES string of the molecule is CCOC(=O)c1ccc(N)c(Nc2c3ccc(OC)cc3nc3ccc(Cl)cc23)c1. The number of benzene rings is 3. The van der Waals surface area contributed by atoms with Crippen molar-refractivity contribution in [2.45, 2.75) is 6.92 Å². The Morgan fingerprint density at radius 3 is 2.67 bits per heavy atom. The largest absolute Gasteiger partial charge is 0.497 e. The Balaban J connectivity index is 1.92. The second kappa shape index (κ2) is 8.08. The number of hydrogen-bond acceptors (Lipinski definition) is 6. The maximum absolute atomic E-state index is 12.2. The number of ether oxygens (including phenoxy) is 2. The van der Waals surface area contributed by atoms with Gasteiger partial charge in [0.15, 0.2) is 0 Å². The summed E-state index contributed by atoms with van der Waals surface area (Å²) in [5.41, 5.74) is 10.0. The first kappa shape index (κ1) is 19.8. The van der Waals surface area contributed by atoms with E-state index in [2.05, 4.69) is 5.32 Å². The molecule has 0 saturated heterocycles. The molecule has 0 fully saturated rings. The van der Waals surface area contributed by atoms with Crippen LogP contribution < -0.4 is 15.8 Å². The maximum Gasteiger partial charge on any atom is 0.338 e. The Morgan fingerprint density at radius 1 is 1.07 bits per heavy atom. The molecule has 1 aromatic heterocycles. The number of nitrogens with two attached hydrogens (primary N) is 1. The molecule has 3 N–H and O–H groups in total. The van der Waals surface area contributed by atoms with Gasteiger partial charge in [-0.15, -0.1) is 0 Å². The summed E-state index contributed by atoms with van der Waals surface area (Å²) in [6, 6.07) is 16.2. The van der Waals surface area contributed by atoms with Crippen molar-refractivity contribution in [3.8, 4) is 5.75 Å². The zero-order valence-electron chi connectivity index (χ0n) is 16.5. The number of aromatic nitrogens is 1. The highest BCUT2D eigenvalue weighted by Crippen LogP contribution is 2.37. The smallest absolute Gasteiger partial charge is 0.338 e. The Bertz CT molecular complexity index is 1270. The third-order valence-corrected chi connectivity index (χ3v) is 5.00. The molecule has 7 heteroatoms. The number of nitrogens with one attached hydrogen (secondary N) is 1. The topological polar surface area (TPSA) is 86.5 Å². The highest BCUT2D eigenvalue weighted by molar-refractivity contribution is 6.31. The first-order valence-electron chi connectivity index (χ1n) is 9.41. The van der Waals surface area contributed by atoms with Crippen molar-refractivity contribution >= 4 is 56.4 Å². The van der Waals surface area contributed by atoms with Crippen LogP contribution in [0.25, 0.3) is 21.8 Å². The van der Waals surface area contributed by atoms with Crippen LogP contribution in [0, 0.1) is 0 Å². The number of carbonyl (C=O) groups is 1. The molecule has 1 heterocycles. The van der Waals surface area contributed by atoms with Gasteiger partial charge in [0.25, 0.3) is 0 Å². The van der Waals surface area contributed by atoms with Crippen LogP contribution in [-0.4, -0.2) is 24.7 Å². The van der Waals surface area contributed by atoms with E-state index in [0.717, 1.165) is 27.5 Å². The summed E-state index contributed by atoms with van der Waals surface area (Å²) in [6.45, 7) is 2.06. The number of fused-ring (bicyclic) bond motifs is 2. The molecule has 0 saturated carbocycles. The van der Waals surface area contributed by atoms with Crippen molar-refractivity contribution in [1.29, 1.82) is 0 Å². The first-order chi connectivity index (χ1) is 14.5. The fraction of sp³-hybridized carbons (Fsp3) is 0.130. The Morgan fingerprint density at radius 2 is 1.90 bits per heavy atom. The molecule has 0 amide bonds. The number of methoxy groups -OCH3 is 1. The average Bonchev–Trinajstić information content (AvgIpc) is 2.75. The Kier molecular flexibility index (Phi) is 5.33. The van der Waals surface area contributed by atoms with E-state index in [-0.39, 0.29) is 0 Å². The summed E-state index contributed by atoms with van der Waals surface area (Å²) in [5.74, 6) is 0.302. The van der Waals surface area contributed by atoms with Gasteiger partial charge < -0.3 is 20.5 Å². The predicted octanol–water partition coefficient (Wildman–Crippen LogP) is 5.55. The van der Waals surface area contributed by atoms with E-state index in [0.29, 0.717) is 34.3 Å². The van der Waals surface area contributed by atoms with E-state index in [1.165, 1.54) is 0 Å². The third kappa shape index (κ3) is 3.69. The van der Waals surface area contributed by atoms with Crippen molar-refractivity contribution in [3.05, 3.63) is 65.2 Å². The molecule has 3 aromatic carbocycles. The van der Waals surface area contributed by atoms with Crippen molar-refractivity contribution in [2.24, 2.45) is 0 Å². The summed E-state index contributed by atoms with van der Waals surface area (Å²) in [6.07, 6.45) is 0. The van der Waals surface area contributed by atoms with Gasteiger partial charge in [0.1, 0.15) is 5.75 Å². The quantitative estimate of drug-likeness (QED) is 0.249. The number of pyridine rings is 1. The van der Waals surface area contributed by atoms with Gasteiger partial charge in [0.05, 0.1) is 47.4 Å². The number of hydrogen-bond donors (Lipinski definition) is 2. The van der Waals surface area contributed by atoms with Crippen LogP contribution in [0.5, 0.6) is 5.75 Å². The zero-order valence-corrected chi connectivity index (χ0v) is 17.3. The normalized spacial score (nSPS) is 10.9. The van der Waals surface area contributed by atoms with E-state index in [1.54, 1.807) is 38.3 Å². The molecular formula is C23H20ClN3O3. The van der Waals surface area contributed by atoms with Crippen LogP contribution in [-0.2, 0) is 4.74 Å². The Labute approximate surface area is 178 Å². The lowest BCUT2D eigenvalue weighted by Crippen LogP contribution is -2.06. The minimum atomic E-state index is -0.405. The van der Waals surface area contributed by atoms with E-state index >= 15 is 0 Å². The molecule has 0 aliphatic carbocycles. The molecule has 0 aliphatic rings. The van der Waals surface area contributed by atoms with Crippen LogP contribution in [0.2, 0.25) is 5.02 Å². The van der Waals surface area contributed by atoms with Gasteiger partial charge in [-0.1, -0.05) is 11.6 Å². The third-order valence-electron chi connectivity index (χ3n) is 4.77. The number of halogens is 1. The molecule has 30 heavy (non-hydrogen) atoms. The molecular weight excluding hydrogens is 402 g/mol. The lowest BCUT2D eigenvalue weighted by molar-refractivity contribution is 0.0526. The second-order valence-corrected chi connectivity index (χ2v) is 7.12. The van der Waals surface area contributed by atoms with Gasteiger partial charge in [-0.05, 0) is 55.5 Å². The van der Waals surface area contributed by atoms with Gasteiger partial charge in [-0.3, -0.25) is 0 Å². The second-order valence-electron chi connectivity index (χ2n) is 6.68. The van der Waals surface area contributed by atoms with Crippen molar-refractivity contribution in [3.63, 3.8) is 0 Å². The predicted molar refractivity (Wildman–Crippen MR) is 121 cm³/mol. The lowest BCUT2D eigenvalue weighted by atomic mass is 10.1. The van der Waals surface area contributed by atoms with Gasteiger partial charge in [0, 0.05) is 21.9 Å². The van der Waals surface area contributed by atoms with Crippen LogP contribution in [0.4, 0.5) is 17.1 Å². The summed E-state index contributed by atoms with van der Waals surface area (Å²) in [5, 5.41) is 5.68. The summed E-state index contributed by atoms with van der Waals surface area (Å²) < 4.78 is 10.4. The summed E-state index contributed by atoms with van der Waals surface area (Å²) in [4.78, 5) is 16.9. The van der Waals surface area contributed by atoms with Gasteiger partial charge >= 0.3 is 5.97 Å². The zero-order chi connectivity index (χ0) is 21.3. The number of esters is 1. The molecule has 152 valence electrons. The maximum atomic E-state index is 12.2. The molecule has 0 aliphatic heterocycles. The van der Waals surface area contributed by atoms with E-state index in [1.807, 2.05) is 30.3 Å². The van der Waals surface area contributed by atoms with Gasteiger partial charge in [-0.2, -0.15) is 0 Å². The number of carbonyl (C=O) groups excluding carboxylic acids is 1. The summed E-state index contributed by atoms with van der Waals surface area (Å²) >= 11 is 6.26. The Hall–Kier alpha value is -3.51. The number of rotatable bonds is 5. The fourth-order valence-corrected chi connectivity index (χ4v) is 3.47. The van der Waals surface area contributed by atoms with E-state index in [4.69, 9.17) is 31.8 Å². The van der Waals surface area contributed by atoms with Crippen LogP contribution >= 0.6 is 11.6 Å². The molecule has 0 atom stereocenters. The average molecular weight is 422 g/mol.